The minimum absolute atomic E-state index is 0.260. The molecule has 0 fully saturated rings. The van der Waals surface area contributed by atoms with E-state index in [4.69, 9.17) is 4.74 Å². The lowest BCUT2D eigenvalue weighted by molar-refractivity contribution is 0.477. The maximum atomic E-state index is 5.83. The van der Waals surface area contributed by atoms with Crippen LogP contribution >= 0.6 is 0 Å². The summed E-state index contributed by atoms with van der Waals surface area (Å²) < 4.78 is 5.83. The Kier molecular flexibility index (Phi) is 4.74. The second-order valence-corrected chi connectivity index (χ2v) is 5.05. The topological polar surface area (TPSA) is 34.1 Å². The van der Waals surface area contributed by atoms with Gasteiger partial charge in [-0.25, -0.2) is 0 Å². The second kappa shape index (κ2) is 6.53. The molecule has 1 atom stereocenters. The monoisotopic (exact) mass is 270 g/mol. The van der Waals surface area contributed by atoms with Gasteiger partial charge in [0.05, 0.1) is 11.9 Å². The molecule has 3 heteroatoms. The summed E-state index contributed by atoms with van der Waals surface area (Å²) >= 11 is 0. The number of benzene rings is 1. The van der Waals surface area contributed by atoms with Gasteiger partial charge in [-0.2, -0.15) is 0 Å². The average Bonchev–Trinajstić information content (AvgIpc) is 2.44. The Hall–Kier alpha value is -1.87. The normalized spacial score (nSPS) is 12.2. The molecule has 2 aromatic rings. The summed E-state index contributed by atoms with van der Waals surface area (Å²) in [5, 5.41) is 3.34. The zero-order chi connectivity index (χ0) is 14.5. The van der Waals surface area contributed by atoms with Crippen molar-refractivity contribution in [3.8, 4) is 11.5 Å². The maximum absolute atomic E-state index is 5.83. The number of hydrogen-bond donors (Lipinski definition) is 1. The highest BCUT2D eigenvalue weighted by atomic mass is 16.5. The SMILES string of the molecule is CCNC(C)c1ccc(Oc2ccc(C)c(C)c2)cn1. The summed E-state index contributed by atoms with van der Waals surface area (Å²) in [6.07, 6.45) is 1.78. The van der Waals surface area contributed by atoms with Crippen LogP contribution in [0.3, 0.4) is 0 Å². The number of nitrogens with one attached hydrogen (secondary N) is 1. The molecule has 1 aromatic carbocycles. The molecule has 1 unspecified atom stereocenters. The van der Waals surface area contributed by atoms with Crippen molar-refractivity contribution in [1.29, 1.82) is 0 Å². The highest BCUT2D eigenvalue weighted by Crippen LogP contribution is 2.23. The molecule has 1 aromatic heterocycles. The molecule has 106 valence electrons. The van der Waals surface area contributed by atoms with Gasteiger partial charge in [0.15, 0.2) is 0 Å². The van der Waals surface area contributed by atoms with Crippen molar-refractivity contribution in [1.82, 2.24) is 10.3 Å². The van der Waals surface area contributed by atoms with Crippen LogP contribution in [0.25, 0.3) is 0 Å². The number of hydrogen-bond acceptors (Lipinski definition) is 3. The Morgan fingerprint density at radius 1 is 1.10 bits per heavy atom. The summed E-state index contributed by atoms with van der Waals surface area (Å²) in [4.78, 5) is 4.45. The molecule has 1 heterocycles. The fourth-order valence-electron chi connectivity index (χ4n) is 2.03. The predicted octanol–water partition coefficient (Wildman–Crippen LogP) is 4.16. The van der Waals surface area contributed by atoms with Crippen LogP contribution in [-0.2, 0) is 0 Å². The fraction of sp³-hybridized carbons (Fsp3) is 0.353. The van der Waals surface area contributed by atoms with Gasteiger partial charge in [0.2, 0.25) is 0 Å². The highest BCUT2D eigenvalue weighted by Gasteiger charge is 2.06. The highest BCUT2D eigenvalue weighted by molar-refractivity contribution is 5.36. The number of pyridine rings is 1. The molecule has 0 bridgehead atoms. The van der Waals surface area contributed by atoms with Crippen LogP contribution in [0, 0.1) is 13.8 Å². The van der Waals surface area contributed by atoms with Gasteiger partial charge in [-0.1, -0.05) is 13.0 Å². The molecule has 0 aliphatic heterocycles. The lowest BCUT2D eigenvalue weighted by Gasteiger charge is -2.12. The third-order valence-electron chi connectivity index (χ3n) is 3.43. The lowest BCUT2D eigenvalue weighted by Crippen LogP contribution is -2.18. The Balaban J connectivity index is 2.08. The summed E-state index contributed by atoms with van der Waals surface area (Å²) in [6.45, 7) is 9.31. The van der Waals surface area contributed by atoms with Gasteiger partial charge in [-0.15, -0.1) is 0 Å². The third-order valence-corrected chi connectivity index (χ3v) is 3.43. The van der Waals surface area contributed by atoms with E-state index < -0.39 is 0 Å². The molecule has 0 radical (unpaired) electrons. The minimum Gasteiger partial charge on any atom is -0.456 e. The first-order valence-electron chi connectivity index (χ1n) is 7.04. The van der Waals surface area contributed by atoms with Gasteiger partial charge in [0.1, 0.15) is 11.5 Å². The van der Waals surface area contributed by atoms with E-state index in [1.165, 1.54) is 11.1 Å². The van der Waals surface area contributed by atoms with Gasteiger partial charge < -0.3 is 10.1 Å². The molecule has 0 saturated heterocycles. The van der Waals surface area contributed by atoms with E-state index in [2.05, 4.69) is 44.1 Å². The summed E-state index contributed by atoms with van der Waals surface area (Å²) in [5.74, 6) is 1.61. The number of rotatable bonds is 5. The van der Waals surface area contributed by atoms with E-state index >= 15 is 0 Å². The number of ether oxygens (including phenoxy) is 1. The molecule has 0 amide bonds. The van der Waals surface area contributed by atoms with Gasteiger partial charge >= 0.3 is 0 Å². The Morgan fingerprint density at radius 3 is 2.45 bits per heavy atom. The number of nitrogens with zero attached hydrogens (tertiary/aromatic N) is 1. The van der Waals surface area contributed by atoms with Gasteiger partial charge in [0.25, 0.3) is 0 Å². The van der Waals surface area contributed by atoms with Crippen molar-refractivity contribution in [2.24, 2.45) is 0 Å². The summed E-state index contributed by atoms with van der Waals surface area (Å²) in [6, 6.07) is 10.3. The van der Waals surface area contributed by atoms with E-state index in [-0.39, 0.29) is 6.04 Å². The van der Waals surface area contributed by atoms with Crippen molar-refractivity contribution in [3.63, 3.8) is 0 Å². The van der Waals surface area contributed by atoms with Crippen LogP contribution in [0.4, 0.5) is 0 Å². The van der Waals surface area contributed by atoms with E-state index in [0.29, 0.717) is 0 Å². The van der Waals surface area contributed by atoms with E-state index in [9.17, 15) is 0 Å². The third kappa shape index (κ3) is 3.58. The molecule has 0 saturated carbocycles. The molecule has 20 heavy (non-hydrogen) atoms. The van der Waals surface area contributed by atoms with E-state index in [1.54, 1.807) is 6.20 Å². The van der Waals surface area contributed by atoms with Crippen LogP contribution in [-0.4, -0.2) is 11.5 Å². The van der Waals surface area contributed by atoms with E-state index in [0.717, 1.165) is 23.7 Å². The quantitative estimate of drug-likeness (QED) is 0.885. The summed E-state index contributed by atoms with van der Waals surface area (Å²) in [5.41, 5.74) is 3.53. The second-order valence-electron chi connectivity index (χ2n) is 5.05. The minimum atomic E-state index is 0.260. The maximum Gasteiger partial charge on any atom is 0.145 e. The van der Waals surface area contributed by atoms with Crippen molar-refractivity contribution in [2.45, 2.75) is 33.7 Å². The number of aromatic nitrogens is 1. The van der Waals surface area contributed by atoms with Crippen LogP contribution in [0.2, 0.25) is 0 Å². The Morgan fingerprint density at radius 2 is 1.85 bits per heavy atom. The predicted molar refractivity (Wildman–Crippen MR) is 82.3 cm³/mol. The molecule has 2 rings (SSSR count). The lowest BCUT2D eigenvalue weighted by atomic mass is 10.1. The van der Waals surface area contributed by atoms with Gasteiger partial charge in [-0.3, -0.25) is 4.98 Å². The molecule has 1 N–H and O–H groups in total. The van der Waals surface area contributed by atoms with Crippen LogP contribution in [0.5, 0.6) is 11.5 Å². The van der Waals surface area contributed by atoms with Crippen LogP contribution < -0.4 is 10.1 Å². The van der Waals surface area contributed by atoms with Gasteiger partial charge in [-0.05, 0) is 62.7 Å². The smallest absolute Gasteiger partial charge is 0.145 e. The largest absolute Gasteiger partial charge is 0.456 e. The van der Waals surface area contributed by atoms with E-state index in [1.807, 2.05) is 24.3 Å². The first-order chi connectivity index (χ1) is 9.60. The van der Waals surface area contributed by atoms with Crippen molar-refractivity contribution < 1.29 is 4.74 Å². The molecule has 0 aliphatic rings. The Labute approximate surface area is 121 Å². The average molecular weight is 270 g/mol. The van der Waals surface area contributed by atoms with Crippen LogP contribution in [0.15, 0.2) is 36.5 Å². The summed E-state index contributed by atoms with van der Waals surface area (Å²) in [7, 11) is 0. The fourth-order valence-corrected chi connectivity index (χ4v) is 2.03. The standard InChI is InChI=1S/C17H22N2O/c1-5-18-14(4)17-9-8-16(11-19-17)20-15-7-6-12(2)13(3)10-15/h6-11,14,18H,5H2,1-4H3. The van der Waals surface area contributed by atoms with Crippen LogP contribution in [0.1, 0.15) is 36.7 Å². The van der Waals surface area contributed by atoms with Crippen molar-refractivity contribution in [2.75, 3.05) is 6.54 Å². The van der Waals surface area contributed by atoms with Gasteiger partial charge in [0, 0.05) is 6.04 Å². The number of aryl methyl sites for hydroxylation is 2. The first kappa shape index (κ1) is 14.5. The molecule has 0 spiro atoms. The molecule has 3 nitrogen and oxygen atoms in total. The molecular weight excluding hydrogens is 248 g/mol. The molecule has 0 aliphatic carbocycles. The zero-order valence-corrected chi connectivity index (χ0v) is 12.6. The molecular formula is C17H22N2O. The van der Waals surface area contributed by atoms with Crippen molar-refractivity contribution in [3.05, 3.63) is 53.3 Å². The van der Waals surface area contributed by atoms with Crippen molar-refractivity contribution >= 4 is 0 Å². The zero-order valence-electron chi connectivity index (χ0n) is 12.6. The first-order valence-corrected chi connectivity index (χ1v) is 7.04. The Bertz CT molecular complexity index is 564.